The zero-order valence-electron chi connectivity index (χ0n) is 9.56. The minimum Gasteiger partial charge on any atom is -0.407 e. The molecule has 0 bridgehead atoms. The van der Waals surface area contributed by atoms with E-state index in [9.17, 15) is 0 Å². The molecule has 0 aliphatic carbocycles. The fourth-order valence-electron chi connectivity index (χ4n) is 2.07. The first-order valence-electron chi connectivity index (χ1n) is 5.59. The van der Waals surface area contributed by atoms with Crippen LogP contribution in [0, 0.1) is 5.92 Å². The molecule has 90 valence electrons. The van der Waals surface area contributed by atoms with Crippen molar-refractivity contribution in [2.24, 2.45) is 11.7 Å². The van der Waals surface area contributed by atoms with Gasteiger partial charge in [-0.3, -0.25) is 0 Å². The molecular formula is C10H18N4O2. The van der Waals surface area contributed by atoms with E-state index >= 15 is 0 Å². The number of hydrogen-bond acceptors (Lipinski definition) is 6. The van der Waals surface area contributed by atoms with E-state index in [2.05, 4.69) is 15.1 Å². The van der Waals surface area contributed by atoms with Gasteiger partial charge in [-0.15, -0.1) is 5.10 Å². The van der Waals surface area contributed by atoms with E-state index in [1.165, 1.54) is 6.42 Å². The summed E-state index contributed by atoms with van der Waals surface area (Å²) in [7, 11) is 1.73. The summed E-state index contributed by atoms with van der Waals surface area (Å²) in [6, 6.07) is 0.584. The third kappa shape index (κ3) is 2.51. The number of ether oxygens (including phenoxy) is 1. The van der Waals surface area contributed by atoms with Crippen molar-refractivity contribution in [2.45, 2.75) is 19.4 Å². The lowest BCUT2D eigenvalue weighted by molar-refractivity contribution is 0.142. The molecule has 1 unspecified atom stereocenters. The molecule has 1 fully saturated rings. The maximum atomic E-state index is 5.44. The van der Waals surface area contributed by atoms with Crippen LogP contribution in [0.15, 0.2) is 4.42 Å². The Morgan fingerprint density at radius 3 is 3.12 bits per heavy atom. The summed E-state index contributed by atoms with van der Waals surface area (Å²) in [6.07, 6.45) is 2.33. The molecule has 0 spiro atoms. The van der Waals surface area contributed by atoms with E-state index in [0.29, 0.717) is 24.4 Å². The molecule has 1 aliphatic heterocycles. The molecule has 0 amide bonds. The Morgan fingerprint density at radius 1 is 1.56 bits per heavy atom. The second kappa shape index (κ2) is 5.27. The third-order valence-corrected chi connectivity index (χ3v) is 2.82. The largest absolute Gasteiger partial charge is 0.407 e. The molecule has 1 aromatic rings. The van der Waals surface area contributed by atoms with Crippen LogP contribution in [0.5, 0.6) is 0 Å². The Labute approximate surface area is 94.8 Å². The smallest absolute Gasteiger partial charge is 0.318 e. The van der Waals surface area contributed by atoms with E-state index in [4.69, 9.17) is 14.9 Å². The summed E-state index contributed by atoms with van der Waals surface area (Å²) >= 11 is 0. The predicted octanol–water partition coefficient (Wildman–Crippen LogP) is 0.391. The van der Waals surface area contributed by atoms with Crippen LogP contribution in [0.4, 0.5) is 6.01 Å². The molecule has 2 rings (SSSR count). The predicted molar refractivity (Wildman–Crippen MR) is 59.0 cm³/mol. The molecule has 0 radical (unpaired) electrons. The van der Waals surface area contributed by atoms with Gasteiger partial charge in [-0.25, -0.2) is 0 Å². The highest BCUT2D eigenvalue weighted by molar-refractivity contribution is 5.25. The van der Waals surface area contributed by atoms with Crippen molar-refractivity contribution in [3.63, 3.8) is 0 Å². The number of piperidine rings is 1. The third-order valence-electron chi connectivity index (χ3n) is 2.82. The van der Waals surface area contributed by atoms with Gasteiger partial charge in [0, 0.05) is 26.1 Å². The van der Waals surface area contributed by atoms with Crippen molar-refractivity contribution in [3.05, 3.63) is 5.89 Å². The molecule has 1 aliphatic rings. The molecule has 0 saturated carbocycles. The number of aromatic nitrogens is 2. The van der Waals surface area contributed by atoms with Crippen LogP contribution in [0.2, 0.25) is 0 Å². The summed E-state index contributed by atoms with van der Waals surface area (Å²) in [5, 5.41) is 7.86. The van der Waals surface area contributed by atoms with E-state index in [-0.39, 0.29) is 0 Å². The van der Waals surface area contributed by atoms with Crippen LogP contribution in [0.3, 0.4) is 0 Å². The lowest BCUT2D eigenvalue weighted by Gasteiger charge is -2.30. The lowest BCUT2D eigenvalue weighted by Crippen LogP contribution is -2.37. The summed E-state index contributed by atoms with van der Waals surface area (Å²) in [5.74, 6) is 1.04. The highest BCUT2D eigenvalue weighted by Crippen LogP contribution is 2.22. The van der Waals surface area contributed by atoms with Crippen LogP contribution in [0.1, 0.15) is 18.7 Å². The van der Waals surface area contributed by atoms with Crippen LogP contribution >= 0.6 is 0 Å². The molecule has 6 heteroatoms. The van der Waals surface area contributed by atoms with Crippen molar-refractivity contribution >= 4 is 6.01 Å². The minimum absolute atomic E-state index is 0.294. The maximum Gasteiger partial charge on any atom is 0.318 e. The van der Waals surface area contributed by atoms with Crippen molar-refractivity contribution in [1.29, 1.82) is 0 Å². The number of nitrogens with zero attached hydrogens (tertiary/aromatic N) is 3. The number of rotatable bonds is 4. The Morgan fingerprint density at radius 2 is 2.44 bits per heavy atom. The van der Waals surface area contributed by atoms with E-state index in [1.54, 1.807) is 7.11 Å². The van der Waals surface area contributed by atoms with Gasteiger partial charge < -0.3 is 19.8 Å². The summed E-state index contributed by atoms with van der Waals surface area (Å²) < 4.78 is 10.6. The highest BCUT2D eigenvalue weighted by atomic mass is 16.5. The van der Waals surface area contributed by atoms with Gasteiger partial charge in [0.1, 0.15) is 0 Å². The van der Waals surface area contributed by atoms with Crippen molar-refractivity contribution in [1.82, 2.24) is 10.2 Å². The van der Waals surface area contributed by atoms with Crippen LogP contribution in [-0.2, 0) is 11.3 Å². The first kappa shape index (κ1) is 11.3. The average molecular weight is 226 g/mol. The van der Waals surface area contributed by atoms with Crippen molar-refractivity contribution in [2.75, 3.05) is 31.7 Å². The standard InChI is InChI=1S/C10H18N4O2/c1-15-7-8-3-2-4-14(6-8)10-13-12-9(5-11)16-10/h8H,2-7,11H2,1H3. The maximum absolute atomic E-state index is 5.44. The molecule has 2 heterocycles. The molecule has 1 saturated heterocycles. The molecule has 6 nitrogen and oxygen atoms in total. The number of anilines is 1. The Bertz CT molecular complexity index is 326. The summed E-state index contributed by atoms with van der Waals surface area (Å²) in [6.45, 7) is 2.96. The highest BCUT2D eigenvalue weighted by Gasteiger charge is 2.23. The molecule has 2 N–H and O–H groups in total. The summed E-state index contributed by atoms with van der Waals surface area (Å²) in [5.41, 5.74) is 5.43. The van der Waals surface area contributed by atoms with Gasteiger partial charge in [0.2, 0.25) is 5.89 Å². The van der Waals surface area contributed by atoms with Crippen LogP contribution in [-0.4, -0.2) is 37.0 Å². The zero-order valence-corrected chi connectivity index (χ0v) is 9.56. The van der Waals surface area contributed by atoms with Gasteiger partial charge in [-0.2, -0.15) is 0 Å². The Balaban J connectivity index is 1.98. The van der Waals surface area contributed by atoms with E-state index < -0.39 is 0 Å². The Hall–Kier alpha value is -1.14. The average Bonchev–Trinajstić information content (AvgIpc) is 2.78. The number of methoxy groups -OCH3 is 1. The lowest BCUT2D eigenvalue weighted by atomic mass is 9.99. The second-order valence-electron chi connectivity index (χ2n) is 4.09. The monoisotopic (exact) mass is 226 g/mol. The fourth-order valence-corrected chi connectivity index (χ4v) is 2.07. The zero-order chi connectivity index (χ0) is 11.4. The van der Waals surface area contributed by atoms with Gasteiger partial charge in [-0.05, 0) is 12.8 Å². The number of nitrogens with two attached hydrogens (primary N) is 1. The fraction of sp³-hybridized carbons (Fsp3) is 0.800. The van der Waals surface area contributed by atoms with Gasteiger partial charge in [0.25, 0.3) is 0 Å². The second-order valence-corrected chi connectivity index (χ2v) is 4.09. The van der Waals surface area contributed by atoms with Crippen molar-refractivity contribution < 1.29 is 9.15 Å². The normalized spacial score (nSPS) is 21.4. The molecule has 0 aromatic carbocycles. The van der Waals surface area contributed by atoms with Gasteiger partial charge >= 0.3 is 6.01 Å². The number of hydrogen-bond donors (Lipinski definition) is 1. The van der Waals surface area contributed by atoms with Gasteiger partial charge in [0.05, 0.1) is 13.2 Å². The van der Waals surface area contributed by atoms with Crippen LogP contribution in [0.25, 0.3) is 0 Å². The molecular weight excluding hydrogens is 208 g/mol. The summed E-state index contributed by atoms with van der Waals surface area (Å²) in [4.78, 5) is 2.11. The van der Waals surface area contributed by atoms with Crippen LogP contribution < -0.4 is 10.6 Å². The Kier molecular flexibility index (Phi) is 3.74. The minimum atomic E-state index is 0.294. The van der Waals surface area contributed by atoms with Gasteiger partial charge in [0.15, 0.2) is 0 Å². The van der Waals surface area contributed by atoms with E-state index in [0.717, 1.165) is 26.1 Å². The SMILES string of the molecule is COCC1CCCN(c2nnc(CN)o2)C1. The van der Waals surface area contributed by atoms with E-state index in [1.807, 2.05) is 0 Å². The molecule has 16 heavy (non-hydrogen) atoms. The molecule has 1 atom stereocenters. The molecule has 1 aromatic heterocycles. The first-order valence-corrected chi connectivity index (χ1v) is 5.59. The van der Waals surface area contributed by atoms with Crippen molar-refractivity contribution in [3.8, 4) is 0 Å². The first-order chi connectivity index (χ1) is 7.83. The van der Waals surface area contributed by atoms with Gasteiger partial charge in [-0.1, -0.05) is 5.10 Å². The quantitative estimate of drug-likeness (QED) is 0.800. The topological polar surface area (TPSA) is 77.4 Å².